The van der Waals surface area contributed by atoms with Crippen molar-refractivity contribution in [2.24, 2.45) is 17.8 Å². The Kier molecular flexibility index (Phi) is 6.89. The summed E-state index contributed by atoms with van der Waals surface area (Å²) in [5.41, 5.74) is 0. The smallest absolute Gasteiger partial charge is 0.309 e. The summed E-state index contributed by atoms with van der Waals surface area (Å²) in [5, 5.41) is 2.97. The molecule has 0 aromatic carbocycles. The number of carbonyl (C=O) groups excluding carboxylic acids is 2. The van der Waals surface area contributed by atoms with Crippen LogP contribution < -0.4 is 5.32 Å². The third kappa shape index (κ3) is 5.21. The molecule has 1 rings (SSSR count). The Bertz CT molecular complexity index is 302. The van der Waals surface area contributed by atoms with E-state index in [1.54, 1.807) is 0 Å². The minimum Gasteiger partial charge on any atom is -0.469 e. The number of methoxy groups -OCH3 is 1. The molecule has 1 saturated carbocycles. The minimum absolute atomic E-state index is 0.0267. The number of amides is 1. The van der Waals surface area contributed by atoms with Crippen molar-refractivity contribution in [2.45, 2.75) is 52.4 Å². The van der Waals surface area contributed by atoms with E-state index in [1.807, 2.05) is 0 Å². The minimum atomic E-state index is -0.246. The van der Waals surface area contributed by atoms with Crippen LogP contribution in [0.5, 0.6) is 0 Å². The number of nitrogens with one attached hydrogen (secondary N) is 1. The highest BCUT2D eigenvalue weighted by atomic mass is 16.5. The fourth-order valence-corrected chi connectivity index (χ4v) is 2.73. The lowest BCUT2D eigenvalue weighted by molar-refractivity contribution is -0.152. The zero-order chi connectivity index (χ0) is 14.3. The van der Waals surface area contributed by atoms with Gasteiger partial charge < -0.3 is 10.1 Å². The average Bonchev–Trinajstić information content (AvgIpc) is 2.42. The SMILES string of the molecule is COC(=O)C1CCCCC1C(=O)NCCCC(C)C. The summed E-state index contributed by atoms with van der Waals surface area (Å²) in [4.78, 5) is 23.9. The Morgan fingerprint density at radius 1 is 1.21 bits per heavy atom. The molecule has 0 saturated heterocycles. The van der Waals surface area contributed by atoms with Gasteiger partial charge in [-0.1, -0.05) is 26.7 Å². The summed E-state index contributed by atoms with van der Waals surface area (Å²) in [6.07, 6.45) is 5.73. The summed E-state index contributed by atoms with van der Waals surface area (Å²) in [6, 6.07) is 0. The molecule has 4 heteroatoms. The van der Waals surface area contributed by atoms with Gasteiger partial charge in [0.15, 0.2) is 0 Å². The maximum atomic E-state index is 12.2. The molecule has 0 radical (unpaired) electrons. The van der Waals surface area contributed by atoms with Crippen molar-refractivity contribution in [3.05, 3.63) is 0 Å². The highest BCUT2D eigenvalue weighted by Crippen LogP contribution is 2.31. The number of hydrogen-bond acceptors (Lipinski definition) is 3. The molecule has 0 bridgehead atoms. The third-order valence-electron chi connectivity index (χ3n) is 3.86. The predicted octanol–water partition coefficient (Wildman–Crippen LogP) is 2.52. The first-order valence-corrected chi connectivity index (χ1v) is 7.41. The lowest BCUT2D eigenvalue weighted by Gasteiger charge is -2.28. The van der Waals surface area contributed by atoms with Crippen LogP contribution in [0.4, 0.5) is 0 Å². The molecule has 110 valence electrons. The largest absolute Gasteiger partial charge is 0.469 e. The normalized spacial score (nSPS) is 23.2. The van der Waals surface area contributed by atoms with E-state index in [2.05, 4.69) is 19.2 Å². The van der Waals surface area contributed by atoms with Gasteiger partial charge in [0, 0.05) is 6.54 Å². The first-order valence-electron chi connectivity index (χ1n) is 7.41. The Balaban J connectivity index is 2.41. The zero-order valence-electron chi connectivity index (χ0n) is 12.4. The number of ether oxygens (including phenoxy) is 1. The Morgan fingerprint density at radius 3 is 2.42 bits per heavy atom. The molecule has 1 aliphatic rings. The summed E-state index contributed by atoms with van der Waals surface area (Å²) in [5.74, 6) is 0.0133. The quantitative estimate of drug-likeness (QED) is 0.595. The van der Waals surface area contributed by atoms with Crippen LogP contribution in [0.1, 0.15) is 52.4 Å². The van der Waals surface area contributed by atoms with Crippen LogP contribution in [0.25, 0.3) is 0 Å². The van der Waals surface area contributed by atoms with E-state index in [0.717, 1.165) is 38.5 Å². The highest BCUT2D eigenvalue weighted by Gasteiger charge is 2.36. The fourth-order valence-electron chi connectivity index (χ4n) is 2.73. The summed E-state index contributed by atoms with van der Waals surface area (Å²) in [6.45, 7) is 5.06. The summed E-state index contributed by atoms with van der Waals surface area (Å²) in [7, 11) is 1.40. The van der Waals surface area contributed by atoms with Crippen LogP contribution in [-0.2, 0) is 14.3 Å². The summed E-state index contributed by atoms with van der Waals surface area (Å²) < 4.78 is 4.81. The van der Waals surface area contributed by atoms with Crippen LogP contribution in [0, 0.1) is 17.8 Å². The van der Waals surface area contributed by atoms with Crippen molar-refractivity contribution >= 4 is 11.9 Å². The van der Waals surface area contributed by atoms with Crippen molar-refractivity contribution in [1.82, 2.24) is 5.32 Å². The average molecular weight is 269 g/mol. The molecule has 1 aliphatic carbocycles. The highest BCUT2D eigenvalue weighted by molar-refractivity contribution is 5.85. The van der Waals surface area contributed by atoms with E-state index in [-0.39, 0.29) is 23.7 Å². The van der Waals surface area contributed by atoms with Crippen molar-refractivity contribution < 1.29 is 14.3 Å². The molecule has 0 aromatic heterocycles. The molecule has 19 heavy (non-hydrogen) atoms. The van der Waals surface area contributed by atoms with E-state index in [1.165, 1.54) is 7.11 Å². The van der Waals surface area contributed by atoms with E-state index in [9.17, 15) is 9.59 Å². The fraction of sp³-hybridized carbons (Fsp3) is 0.867. The maximum absolute atomic E-state index is 12.2. The van der Waals surface area contributed by atoms with Gasteiger partial charge in [0.25, 0.3) is 0 Å². The second-order valence-corrected chi connectivity index (χ2v) is 5.85. The number of rotatable bonds is 6. The van der Waals surface area contributed by atoms with Crippen LogP contribution in [0.2, 0.25) is 0 Å². The van der Waals surface area contributed by atoms with Crippen molar-refractivity contribution in [2.75, 3.05) is 13.7 Å². The molecule has 0 heterocycles. The van der Waals surface area contributed by atoms with Gasteiger partial charge >= 0.3 is 5.97 Å². The lowest BCUT2D eigenvalue weighted by Crippen LogP contribution is -2.40. The third-order valence-corrected chi connectivity index (χ3v) is 3.86. The molecule has 4 nitrogen and oxygen atoms in total. The van der Waals surface area contributed by atoms with Gasteiger partial charge in [-0.05, 0) is 31.6 Å². The molecule has 0 aromatic rings. The molecular formula is C15H27NO3. The van der Waals surface area contributed by atoms with E-state index in [4.69, 9.17) is 4.74 Å². The number of carbonyl (C=O) groups is 2. The second kappa shape index (κ2) is 8.18. The Morgan fingerprint density at radius 2 is 1.84 bits per heavy atom. The van der Waals surface area contributed by atoms with E-state index >= 15 is 0 Å². The van der Waals surface area contributed by atoms with Crippen LogP contribution in [0.3, 0.4) is 0 Å². The molecule has 1 amide bonds. The number of hydrogen-bond donors (Lipinski definition) is 1. The second-order valence-electron chi connectivity index (χ2n) is 5.85. The van der Waals surface area contributed by atoms with E-state index in [0.29, 0.717) is 12.5 Å². The molecule has 0 spiro atoms. The molecule has 1 N–H and O–H groups in total. The molecule has 2 atom stereocenters. The molecule has 2 unspecified atom stereocenters. The Hall–Kier alpha value is -1.06. The summed E-state index contributed by atoms with van der Waals surface area (Å²) >= 11 is 0. The van der Waals surface area contributed by atoms with Gasteiger partial charge in [0.1, 0.15) is 0 Å². The van der Waals surface area contributed by atoms with Gasteiger partial charge in [-0.2, -0.15) is 0 Å². The van der Waals surface area contributed by atoms with Gasteiger partial charge in [-0.3, -0.25) is 9.59 Å². The number of esters is 1. The van der Waals surface area contributed by atoms with Gasteiger partial charge in [0.05, 0.1) is 18.9 Å². The zero-order valence-corrected chi connectivity index (χ0v) is 12.4. The molecule has 0 aliphatic heterocycles. The van der Waals surface area contributed by atoms with Gasteiger partial charge in [-0.25, -0.2) is 0 Å². The standard InChI is InChI=1S/C15H27NO3/c1-11(2)7-6-10-16-14(17)12-8-4-5-9-13(12)15(18)19-3/h11-13H,4-10H2,1-3H3,(H,16,17). The van der Waals surface area contributed by atoms with Crippen LogP contribution >= 0.6 is 0 Å². The van der Waals surface area contributed by atoms with Crippen molar-refractivity contribution in [3.63, 3.8) is 0 Å². The first-order chi connectivity index (χ1) is 9.06. The predicted molar refractivity (Wildman–Crippen MR) is 74.5 cm³/mol. The Labute approximate surface area is 116 Å². The van der Waals surface area contributed by atoms with Gasteiger partial charge in [-0.15, -0.1) is 0 Å². The maximum Gasteiger partial charge on any atom is 0.309 e. The molecular weight excluding hydrogens is 242 g/mol. The van der Waals surface area contributed by atoms with Crippen molar-refractivity contribution in [3.8, 4) is 0 Å². The monoisotopic (exact) mass is 269 g/mol. The first kappa shape index (κ1) is 16.0. The molecule has 1 fully saturated rings. The van der Waals surface area contributed by atoms with E-state index < -0.39 is 0 Å². The van der Waals surface area contributed by atoms with Crippen LogP contribution in [-0.4, -0.2) is 25.5 Å². The topological polar surface area (TPSA) is 55.4 Å². The lowest BCUT2D eigenvalue weighted by atomic mass is 9.78. The van der Waals surface area contributed by atoms with Gasteiger partial charge in [0.2, 0.25) is 5.91 Å². The van der Waals surface area contributed by atoms with Crippen molar-refractivity contribution in [1.29, 1.82) is 0 Å². The van der Waals surface area contributed by atoms with Crippen LogP contribution in [0.15, 0.2) is 0 Å².